The van der Waals surface area contributed by atoms with Gasteiger partial charge in [0, 0.05) is 17.8 Å². The maximum Gasteiger partial charge on any atom is 0.408 e. The first-order chi connectivity index (χ1) is 12.2. The van der Waals surface area contributed by atoms with E-state index < -0.39 is 18.0 Å². The number of hydrogen-bond acceptors (Lipinski definition) is 5. The van der Waals surface area contributed by atoms with Crippen molar-refractivity contribution in [2.75, 3.05) is 5.32 Å². The fourth-order valence-electron chi connectivity index (χ4n) is 2.28. The Balaban J connectivity index is 2.13. The molecule has 0 radical (unpaired) electrons. The van der Waals surface area contributed by atoms with E-state index in [0.29, 0.717) is 5.56 Å². The Morgan fingerprint density at radius 2 is 2.00 bits per heavy atom. The van der Waals surface area contributed by atoms with Crippen LogP contribution in [0.2, 0.25) is 0 Å². The third-order valence-electron chi connectivity index (χ3n) is 3.50. The average molecular weight is 372 g/mol. The molecule has 0 aliphatic rings. The molecule has 0 aromatic carbocycles. The normalized spacial score (nSPS) is 13.4. The van der Waals surface area contributed by atoms with Crippen LogP contribution in [0, 0.1) is 5.82 Å². The van der Waals surface area contributed by atoms with Crippen LogP contribution in [0.25, 0.3) is 16.8 Å². The first-order valence-electron chi connectivity index (χ1n) is 7.75. The molecular formula is C15H16F4N6O. The lowest BCUT2D eigenvalue weighted by atomic mass is 10.1. The van der Waals surface area contributed by atoms with E-state index >= 15 is 0 Å². The highest BCUT2D eigenvalue weighted by Crippen LogP contribution is 2.34. The summed E-state index contributed by atoms with van der Waals surface area (Å²) in [5.41, 5.74) is 0.510. The zero-order valence-corrected chi connectivity index (χ0v) is 14.1. The second-order valence-corrected chi connectivity index (χ2v) is 5.94. The lowest BCUT2D eigenvalue weighted by Crippen LogP contribution is -2.33. The molecule has 0 aliphatic heterocycles. The summed E-state index contributed by atoms with van der Waals surface area (Å²) in [6.45, 7) is 4.41. The molecule has 7 nitrogen and oxygen atoms in total. The number of nitrogens with zero attached hydrogens (tertiary/aromatic N) is 4. The van der Waals surface area contributed by atoms with E-state index in [1.807, 2.05) is 0 Å². The zero-order valence-electron chi connectivity index (χ0n) is 14.1. The number of ether oxygens (including phenoxy) is 1. The van der Waals surface area contributed by atoms with Gasteiger partial charge in [-0.15, -0.1) is 5.10 Å². The summed E-state index contributed by atoms with van der Waals surface area (Å²) < 4.78 is 59.7. The van der Waals surface area contributed by atoms with E-state index in [2.05, 4.69) is 25.6 Å². The molecule has 11 heteroatoms. The predicted octanol–water partition coefficient (Wildman–Crippen LogP) is 3.41. The van der Waals surface area contributed by atoms with Crippen molar-refractivity contribution in [3.05, 3.63) is 24.3 Å². The molecule has 0 bridgehead atoms. The third kappa shape index (κ3) is 3.41. The van der Waals surface area contributed by atoms with E-state index in [1.54, 1.807) is 13.8 Å². The Hall–Kier alpha value is -2.85. The fraction of sp³-hybridized carbons (Fsp3) is 0.400. The Kier molecular flexibility index (Phi) is 4.46. The minimum atomic E-state index is -4.47. The number of hydrogen-bond donors (Lipinski definition) is 2. The molecule has 1 atom stereocenters. The molecule has 3 heterocycles. The number of aromatic amines is 1. The summed E-state index contributed by atoms with van der Waals surface area (Å²) in [6, 6.07) is -0.793. The molecule has 140 valence electrons. The van der Waals surface area contributed by atoms with Crippen molar-refractivity contribution in [1.29, 1.82) is 0 Å². The third-order valence-corrected chi connectivity index (χ3v) is 3.50. The lowest BCUT2D eigenvalue weighted by molar-refractivity contribution is -0.138. The number of fused-ring (bicyclic) bond motifs is 1. The van der Waals surface area contributed by atoms with Gasteiger partial charge in [-0.1, -0.05) is 0 Å². The lowest BCUT2D eigenvalue weighted by Gasteiger charge is -2.16. The van der Waals surface area contributed by atoms with E-state index in [1.165, 1.54) is 12.4 Å². The predicted molar refractivity (Wildman–Crippen MR) is 85.4 cm³/mol. The summed E-state index contributed by atoms with van der Waals surface area (Å²) in [7, 11) is 0. The largest absolute Gasteiger partial charge is 0.474 e. The van der Waals surface area contributed by atoms with Crippen molar-refractivity contribution in [3.8, 4) is 17.0 Å². The van der Waals surface area contributed by atoms with Crippen LogP contribution < -0.4 is 10.1 Å². The molecule has 3 aromatic rings. The summed E-state index contributed by atoms with van der Waals surface area (Å²) in [5, 5.41) is 12.5. The molecule has 0 fully saturated rings. The van der Waals surface area contributed by atoms with Crippen molar-refractivity contribution in [1.82, 2.24) is 24.8 Å². The molecule has 3 aromatic heterocycles. The van der Waals surface area contributed by atoms with Crippen molar-refractivity contribution >= 4 is 11.6 Å². The van der Waals surface area contributed by atoms with Crippen LogP contribution in [-0.2, 0) is 0 Å². The molecular weight excluding hydrogens is 356 g/mol. The molecule has 2 N–H and O–H groups in total. The number of rotatable bonds is 5. The van der Waals surface area contributed by atoms with E-state index in [-0.39, 0.29) is 29.1 Å². The summed E-state index contributed by atoms with van der Waals surface area (Å²) in [6.07, 6.45) is -1.93. The van der Waals surface area contributed by atoms with Gasteiger partial charge in [-0.2, -0.15) is 27.8 Å². The number of aromatic nitrogens is 5. The molecule has 0 aliphatic carbocycles. The summed E-state index contributed by atoms with van der Waals surface area (Å²) >= 11 is 0. The molecule has 26 heavy (non-hydrogen) atoms. The maximum atomic E-state index is 14.7. The summed E-state index contributed by atoms with van der Waals surface area (Å²) in [4.78, 5) is 3.91. The van der Waals surface area contributed by atoms with Crippen LogP contribution >= 0.6 is 0 Å². The second-order valence-electron chi connectivity index (χ2n) is 5.94. The Labute approximate surface area is 145 Å². The highest BCUT2D eigenvalue weighted by molar-refractivity contribution is 5.71. The Morgan fingerprint density at radius 3 is 2.58 bits per heavy atom. The van der Waals surface area contributed by atoms with Gasteiger partial charge in [-0.05, 0) is 20.8 Å². The molecule has 0 saturated carbocycles. The highest BCUT2D eigenvalue weighted by Gasteiger charge is 2.36. The van der Waals surface area contributed by atoms with Gasteiger partial charge in [-0.25, -0.2) is 4.39 Å². The van der Waals surface area contributed by atoms with Gasteiger partial charge in [-0.3, -0.25) is 5.10 Å². The quantitative estimate of drug-likeness (QED) is 0.671. The van der Waals surface area contributed by atoms with Crippen molar-refractivity contribution in [2.45, 2.75) is 39.1 Å². The maximum absolute atomic E-state index is 14.7. The van der Waals surface area contributed by atoms with Gasteiger partial charge in [0.1, 0.15) is 11.9 Å². The minimum absolute atomic E-state index is 0.0160. The molecule has 0 unspecified atom stereocenters. The number of alkyl halides is 3. The molecule has 0 saturated heterocycles. The van der Waals surface area contributed by atoms with Crippen molar-refractivity contribution < 1.29 is 22.3 Å². The average Bonchev–Trinajstić information content (AvgIpc) is 3.15. The van der Waals surface area contributed by atoms with Gasteiger partial charge in [0.2, 0.25) is 11.8 Å². The van der Waals surface area contributed by atoms with Gasteiger partial charge in [0.25, 0.3) is 0 Å². The first kappa shape index (κ1) is 18.0. The van der Waals surface area contributed by atoms with Crippen LogP contribution in [0.4, 0.5) is 23.5 Å². The second kappa shape index (κ2) is 6.46. The van der Waals surface area contributed by atoms with Crippen molar-refractivity contribution in [3.63, 3.8) is 0 Å². The Morgan fingerprint density at radius 1 is 1.27 bits per heavy atom. The van der Waals surface area contributed by atoms with Gasteiger partial charge in [0.05, 0.1) is 17.9 Å². The number of pyridine rings is 1. The van der Waals surface area contributed by atoms with Gasteiger partial charge >= 0.3 is 6.18 Å². The van der Waals surface area contributed by atoms with Crippen LogP contribution in [-0.4, -0.2) is 43.1 Å². The number of nitrogens with one attached hydrogen (secondary N) is 2. The van der Waals surface area contributed by atoms with Gasteiger partial charge in [0.15, 0.2) is 5.65 Å². The van der Waals surface area contributed by atoms with Crippen LogP contribution in [0.5, 0.6) is 5.88 Å². The molecule has 0 amide bonds. The fourth-order valence-corrected chi connectivity index (χ4v) is 2.28. The number of anilines is 1. The summed E-state index contributed by atoms with van der Waals surface area (Å²) in [5.74, 6) is -0.916. The first-order valence-corrected chi connectivity index (χ1v) is 7.75. The molecule has 3 rings (SSSR count). The highest BCUT2D eigenvalue weighted by atomic mass is 19.4. The van der Waals surface area contributed by atoms with Crippen molar-refractivity contribution in [2.24, 2.45) is 0 Å². The van der Waals surface area contributed by atoms with Crippen LogP contribution in [0.3, 0.4) is 0 Å². The van der Waals surface area contributed by atoms with E-state index in [9.17, 15) is 17.6 Å². The van der Waals surface area contributed by atoms with E-state index in [4.69, 9.17) is 4.74 Å². The Bertz CT molecular complexity index is 903. The zero-order chi connectivity index (χ0) is 19.1. The van der Waals surface area contributed by atoms with Gasteiger partial charge < -0.3 is 10.1 Å². The smallest absolute Gasteiger partial charge is 0.408 e. The van der Waals surface area contributed by atoms with Crippen LogP contribution in [0.1, 0.15) is 20.8 Å². The number of H-pyrrole nitrogens is 1. The number of halogens is 4. The van der Waals surface area contributed by atoms with Crippen LogP contribution in [0.15, 0.2) is 18.5 Å². The SMILES string of the molecule is CC(C)Oc1c(-c2cn[nH]c2)c(F)cc2nc(N[C@@H](C)C(F)(F)F)nn12. The monoisotopic (exact) mass is 372 g/mol. The molecule has 0 spiro atoms. The minimum Gasteiger partial charge on any atom is -0.474 e. The standard InChI is InChI=1S/C15H16F4N6O/c1-7(2)26-13-12(9-5-20-21-6-9)10(16)4-11-23-14(24-25(11)13)22-8(3)15(17,18)19/h4-8H,1-3H3,(H,20,21)(H,22,24)/t8-/m0/s1. The topological polar surface area (TPSA) is 80.1 Å². The van der Waals surface area contributed by atoms with E-state index in [0.717, 1.165) is 17.5 Å².